The van der Waals surface area contributed by atoms with Gasteiger partial charge in [-0.05, 0) is 72.4 Å². The zero-order valence-corrected chi connectivity index (χ0v) is 35.9. The highest BCUT2D eigenvalue weighted by molar-refractivity contribution is 5.70. The lowest BCUT2D eigenvalue weighted by atomic mass is 9.82. The first-order valence-corrected chi connectivity index (χ1v) is 20.3. The van der Waals surface area contributed by atoms with Crippen LogP contribution in [0.3, 0.4) is 0 Å². The fourth-order valence-electron chi connectivity index (χ4n) is 8.15. The predicted molar refractivity (Wildman–Crippen MR) is 210 cm³/mol. The van der Waals surface area contributed by atoms with Gasteiger partial charge in [-0.3, -0.25) is 4.79 Å². The smallest absolute Gasteiger partial charge is 0.308 e. The summed E-state index contributed by atoms with van der Waals surface area (Å²) in [6.45, 7) is 14.4. The molecule has 0 amide bonds. The first kappa shape index (κ1) is 48.5. The van der Waals surface area contributed by atoms with Crippen LogP contribution in [0.5, 0.6) is 0 Å². The molecule has 3 rings (SSSR count). The van der Waals surface area contributed by atoms with Gasteiger partial charge >= 0.3 is 5.97 Å². The van der Waals surface area contributed by atoms with Crippen molar-refractivity contribution in [3.63, 3.8) is 0 Å². The molecule has 2 N–H and O–H groups in total. The second kappa shape index (κ2) is 23.1. The third-order valence-corrected chi connectivity index (χ3v) is 11.5. The summed E-state index contributed by atoms with van der Waals surface area (Å²) >= 11 is 0. The van der Waals surface area contributed by atoms with Gasteiger partial charge < -0.3 is 62.5 Å². The Balaban J connectivity index is 1.94. The van der Waals surface area contributed by atoms with E-state index >= 15 is 0 Å². The molecule has 56 heavy (non-hydrogen) atoms. The molecule has 0 radical (unpaired) electrons. The van der Waals surface area contributed by atoms with Gasteiger partial charge in [0.05, 0.1) is 48.6 Å². The lowest BCUT2D eigenvalue weighted by molar-refractivity contribution is -0.347. The molecule has 0 aromatic carbocycles. The van der Waals surface area contributed by atoms with E-state index in [2.05, 4.69) is 13.8 Å². The van der Waals surface area contributed by atoms with Crippen LogP contribution in [0, 0.1) is 17.8 Å². The summed E-state index contributed by atoms with van der Waals surface area (Å²) in [7, 11) is 8.31. The van der Waals surface area contributed by atoms with E-state index in [1.54, 1.807) is 32.3 Å². The van der Waals surface area contributed by atoms with Gasteiger partial charge in [0, 0.05) is 47.2 Å². The molecule has 324 valence electrons. The predicted octanol–water partition coefficient (Wildman–Crippen LogP) is 4.22. The number of carbonyl (C=O) groups excluding carboxylic acids is 2. The number of aliphatic hydroxyl groups is 2. The summed E-state index contributed by atoms with van der Waals surface area (Å²) in [4.78, 5) is 27.3. The van der Waals surface area contributed by atoms with Gasteiger partial charge in [-0.25, -0.2) is 0 Å². The third-order valence-electron chi connectivity index (χ3n) is 11.5. The standard InChI is InChI=1S/C42H73NO13/c1-25(2)19-21-51-40-29(6)53-34(24-42(40,7)50-12)55-37-28(5)54-41(36(47)35(37)43(8)9)56-38-30(18-20-44)22-26(3)31(45)17-15-13-14-16-27(4)52-33(46)23-32(48-10)39(38)49-11/h13-15,17,20,25-32,34-41,45,47H,16,18-19,21-24H2,1-12H3/b14-13+,17-15+/t26-,27-,28-,29+,30+,31+,32-,34+,35-,36-,37-,38+,39?,40+,41+,42-/m1/s1. The molecule has 3 aliphatic rings. The number of ether oxygens (including phenoxy) is 9. The monoisotopic (exact) mass is 800 g/mol. The quantitative estimate of drug-likeness (QED) is 0.190. The van der Waals surface area contributed by atoms with Gasteiger partial charge in [-0.1, -0.05) is 45.1 Å². The number of nitrogens with zero attached hydrogens (tertiary/aromatic N) is 1. The van der Waals surface area contributed by atoms with Crippen molar-refractivity contribution in [3.05, 3.63) is 24.3 Å². The van der Waals surface area contributed by atoms with Crippen LogP contribution in [0.2, 0.25) is 0 Å². The molecule has 0 saturated carbocycles. The first-order chi connectivity index (χ1) is 26.5. The lowest BCUT2D eigenvalue weighted by Crippen LogP contribution is -2.66. The molecule has 3 aliphatic heterocycles. The number of carbonyl (C=O) groups is 2. The molecule has 14 heteroatoms. The highest BCUT2D eigenvalue weighted by Gasteiger charge is 2.52. The number of likely N-dealkylation sites (N-methyl/N-ethyl adjacent to an activating group) is 1. The van der Waals surface area contributed by atoms with Crippen LogP contribution in [0.15, 0.2) is 24.3 Å². The summed E-state index contributed by atoms with van der Waals surface area (Å²) in [6, 6.07) is -0.623. The van der Waals surface area contributed by atoms with Gasteiger partial charge in [-0.2, -0.15) is 0 Å². The van der Waals surface area contributed by atoms with E-state index in [0.29, 0.717) is 31.8 Å². The largest absolute Gasteiger partial charge is 0.462 e. The highest BCUT2D eigenvalue weighted by atomic mass is 16.7. The molecule has 2 saturated heterocycles. The molecule has 3 heterocycles. The maximum atomic E-state index is 13.2. The number of esters is 1. The Bertz CT molecular complexity index is 1230. The number of methoxy groups -OCH3 is 3. The van der Waals surface area contributed by atoms with E-state index in [1.165, 1.54) is 14.2 Å². The van der Waals surface area contributed by atoms with E-state index in [-0.39, 0.29) is 31.0 Å². The van der Waals surface area contributed by atoms with E-state index in [9.17, 15) is 19.8 Å². The Morgan fingerprint density at radius 1 is 0.982 bits per heavy atom. The van der Waals surface area contributed by atoms with E-state index < -0.39 is 84.9 Å². The molecule has 0 aromatic rings. The van der Waals surface area contributed by atoms with Crippen molar-refractivity contribution in [2.75, 3.05) is 42.0 Å². The second-order valence-electron chi connectivity index (χ2n) is 16.7. The van der Waals surface area contributed by atoms with E-state index in [4.69, 9.17) is 42.6 Å². The maximum Gasteiger partial charge on any atom is 0.308 e. The molecular weight excluding hydrogens is 726 g/mol. The van der Waals surface area contributed by atoms with Gasteiger partial charge in [0.15, 0.2) is 12.6 Å². The number of aldehydes is 1. The fourth-order valence-corrected chi connectivity index (χ4v) is 8.15. The van der Waals surface area contributed by atoms with Crippen molar-refractivity contribution in [1.82, 2.24) is 4.90 Å². The zero-order chi connectivity index (χ0) is 41.7. The minimum atomic E-state index is -1.24. The highest BCUT2D eigenvalue weighted by Crippen LogP contribution is 2.38. The van der Waals surface area contributed by atoms with Crippen molar-refractivity contribution < 1.29 is 62.4 Å². The number of hydrogen-bond donors (Lipinski definition) is 2. The molecule has 14 nitrogen and oxygen atoms in total. The second-order valence-corrected chi connectivity index (χ2v) is 16.7. The topological polar surface area (TPSA) is 161 Å². The van der Waals surface area contributed by atoms with Gasteiger partial charge in [0.1, 0.15) is 36.8 Å². The summed E-state index contributed by atoms with van der Waals surface area (Å²) < 4.78 is 56.2. The van der Waals surface area contributed by atoms with Crippen LogP contribution in [0.1, 0.15) is 87.0 Å². The molecule has 0 bridgehead atoms. The van der Waals surface area contributed by atoms with Gasteiger partial charge in [-0.15, -0.1) is 0 Å². The number of hydrogen-bond acceptors (Lipinski definition) is 14. The number of rotatable bonds is 14. The molecule has 16 atom stereocenters. The Morgan fingerprint density at radius 3 is 2.30 bits per heavy atom. The zero-order valence-electron chi connectivity index (χ0n) is 35.9. The van der Waals surface area contributed by atoms with Gasteiger partial charge in [0.2, 0.25) is 0 Å². The molecule has 0 spiro atoms. The van der Waals surface area contributed by atoms with Crippen molar-refractivity contribution >= 4 is 12.3 Å². The summed E-state index contributed by atoms with van der Waals surface area (Å²) in [5.41, 5.74) is -0.692. The number of aliphatic hydroxyl groups excluding tert-OH is 2. The Labute approximate surface area is 335 Å². The van der Waals surface area contributed by atoms with E-state index in [1.807, 2.05) is 52.8 Å². The lowest BCUT2D eigenvalue weighted by Gasteiger charge is -2.51. The maximum absolute atomic E-state index is 13.2. The van der Waals surface area contributed by atoms with Crippen LogP contribution in [0.25, 0.3) is 0 Å². The van der Waals surface area contributed by atoms with Crippen molar-refractivity contribution in [1.29, 1.82) is 0 Å². The average Bonchev–Trinajstić information content (AvgIpc) is 3.12. The minimum absolute atomic E-state index is 0.0436. The summed E-state index contributed by atoms with van der Waals surface area (Å²) in [6.07, 6.45) is 0.989. The Kier molecular flexibility index (Phi) is 20.0. The van der Waals surface area contributed by atoms with E-state index in [0.717, 1.165) is 12.7 Å². The van der Waals surface area contributed by atoms with Gasteiger partial charge in [0.25, 0.3) is 0 Å². The van der Waals surface area contributed by atoms with Crippen LogP contribution in [-0.2, 0) is 52.2 Å². The summed E-state index contributed by atoms with van der Waals surface area (Å²) in [5.74, 6) is -0.820. The average molecular weight is 800 g/mol. The van der Waals surface area contributed by atoms with Crippen LogP contribution in [-0.4, -0.2) is 155 Å². The Hall–Kier alpha value is -1.82. The molecule has 2 fully saturated rings. The fraction of sp³-hybridized carbons (Fsp3) is 0.857. The molecular formula is C42H73NO13. The minimum Gasteiger partial charge on any atom is -0.462 e. The number of allylic oxidation sites excluding steroid dienone is 2. The summed E-state index contributed by atoms with van der Waals surface area (Å²) in [5, 5.41) is 23.2. The first-order valence-electron chi connectivity index (χ1n) is 20.3. The third kappa shape index (κ3) is 13.4. The number of cyclic esters (lactones) is 1. The SMILES string of the molecule is COC1[C@@H](O[C@@H]2O[C@H](C)[C@@H](O[C@H]3C[C@@](C)(OC)[C@@H](OCCC(C)C)[C@H](C)O3)[C@H](N(C)C)[C@H]2O)[C@@H](CC=O)C[C@@H](C)[C@@H](O)/C=C/C=C/C[C@@H](C)OC(=O)C[C@H]1OC. The van der Waals surface area contributed by atoms with Crippen LogP contribution in [0.4, 0.5) is 0 Å². The molecule has 0 aliphatic carbocycles. The van der Waals surface area contributed by atoms with Crippen molar-refractivity contribution in [2.45, 2.75) is 172 Å². The normalized spacial score (nSPS) is 42.0. The molecule has 0 aromatic heterocycles. The van der Waals surface area contributed by atoms with Crippen LogP contribution >= 0.6 is 0 Å². The van der Waals surface area contributed by atoms with Crippen molar-refractivity contribution in [3.8, 4) is 0 Å². The van der Waals surface area contributed by atoms with Crippen molar-refractivity contribution in [2.24, 2.45) is 17.8 Å². The Morgan fingerprint density at radius 2 is 1.70 bits per heavy atom. The van der Waals surface area contributed by atoms with Crippen LogP contribution < -0.4 is 0 Å². The molecule has 1 unspecified atom stereocenters.